The summed E-state index contributed by atoms with van der Waals surface area (Å²) in [6, 6.07) is 5.05. The number of nitrogens with one attached hydrogen (secondary N) is 2. The van der Waals surface area contributed by atoms with Crippen LogP contribution in [0.4, 0.5) is 10.2 Å². The van der Waals surface area contributed by atoms with Gasteiger partial charge in [0, 0.05) is 29.9 Å². The Kier molecular flexibility index (Phi) is 5.04. The zero-order valence-electron chi connectivity index (χ0n) is 13.4. The van der Waals surface area contributed by atoms with E-state index in [2.05, 4.69) is 25.5 Å². The molecule has 1 amide bonds. The van der Waals surface area contributed by atoms with Gasteiger partial charge in [0.05, 0.1) is 6.20 Å². The first kappa shape index (κ1) is 17.0. The summed E-state index contributed by atoms with van der Waals surface area (Å²) >= 11 is 5.73. The predicted molar refractivity (Wildman–Crippen MR) is 92.7 cm³/mol. The maximum Gasteiger partial charge on any atom is 0.225 e. The molecule has 8 heteroatoms. The number of aryl methyl sites for hydroxylation is 1. The highest BCUT2D eigenvalue weighted by atomic mass is 35.5. The van der Waals surface area contributed by atoms with E-state index in [-0.39, 0.29) is 12.3 Å². The average molecular weight is 360 g/mol. The highest BCUT2D eigenvalue weighted by Gasteiger charge is 2.16. The van der Waals surface area contributed by atoms with Crippen LogP contribution >= 0.6 is 11.6 Å². The number of aromatic amines is 1. The summed E-state index contributed by atoms with van der Waals surface area (Å²) in [6.45, 7) is 1.76. The molecule has 0 atom stereocenters. The summed E-state index contributed by atoms with van der Waals surface area (Å²) in [6.07, 6.45) is 5.07. The van der Waals surface area contributed by atoms with Gasteiger partial charge in [-0.3, -0.25) is 14.9 Å². The lowest BCUT2D eigenvalue weighted by Gasteiger charge is -2.05. The minimum Gasteiger partial charge on any atom is -0.311 e. The molecule has 0 aliphatic carbocycles. The van der Waals surface area contributed by atoms with Gasteiger partial charge in [0.1, 0.15) is 16.7 Å². The number of carbonyl (C=O) groups is 1. The van der Waals surface area contributed by atoms with E-state index in [1.165, 1.54) is 12.3 Å². The highest BCUT2D eigenvalue weighted by molar-refractivity contribution is 6.29. The van der Waals surface area contributed by atoms with Gasteiger partial charge in [-0.1, -0.05) is 17.7 Å². The van der Waals surface area contributed by atoms with Gasteiger partial charge in [-0.25, -0.2) is 9.37 Å². The number of carbonyl (C=O) groups excluding carboxylic acids is 1. The molecule has 25 heavy (non-hydrogen) atoms. The molecule has 0 bridgehead atoms. The second-order valence-electron chi connectivity index (χ2n) is 5.47. The number of H-pyrrole nitrogens is 1. The molecule has 6 nitrogen and oxygen atoms in total. The van der Waals surface area contributed by atoms with Crippen molar-refractivity contribution >= 4 is 23.3 Å². The summed E-state index contributed by atoms with van der Waals surface area (Å²) in [5.74, 6) is -0.195. The van der Waals surface area contributed by atoms with Crippen molar-refractivity contribution in [3.8, 4) is 11.3 Å². The molecule has 2 N–H and O–H groups in total. The fourth-order valence-corrected chi connectivity index (χ4v) is 2.47. The van der Waals surface area contributed by atoms with Crippen molar-refractivity contribution in [3.63, 3.8) is 0 Å². The third-order valence-corrected chi connectivity index (χ3v) is 3.95. The lowest BCUT2D eigenvalue weighted by atomic mass is 10.1. The van der Waals surface area contributed by atoms with E-state index >= 15 is 0 Å². The summed E-state index contributed by atoms with van der Waals surface area (Å²) in [4.78, 5) is 19.8. The lowest BCUT2D eigenvalue weighted by Crippen LogP contribution is -2.13. The van der Waals surface area contributed by atoms with Gasteiger partial charge in [0.2, 0.25) is 5.91 Å². The maximum absolute atomic E-state index is 13.8. The second-order valence-corrected chi connectivity index (χ2v) is 5.85. The standard InChI is InChI=1S/C17H15ClFN5O/c1-10-16(12-6-7-20-9-13(12)19)23-24-17(10)22-15(25)5-3-11-2-4-14(18)21-8-11/h2,4,6-9H,3,5H2,1H3,(H2,22,23,24,25). The van der Waals surface area contributed by atoms with Crippen LogP contribution in [-0.4, -0.2) is 26.1 Å². The van der Waals surface area contributed by atoms with Crippen molar-refractivity contribution in [2.24, 2.45) is 0 Å². The number of hydrogen-bond donors (Lipinski definition) is 2. The van der Waals surface area contributed by atoms with Crippen molar-refractivity contribution in [1.29, 1.82) is 0 Å². The van der Waals surface area contributed by atoms with Gasteiger partial charge in [0.15, 0.2) is 5.82 Å². The molecule has 3 aromatic heterocycles. The molecule has 0 radical (unpaired) electrons. The van der Waals surface area contributed by atoms with Crippen LogP contribution in [0.15, 0.2) is 36.8 Å². The zero-order valence-corrected chi connectivity index (χ0v) is 14.1. The van der Waals surface area contributed by atoms with Gasteiger partial charge >= 0.3 is 0 Å². The van der Waals surface area contributed by atoms with E-state index in [1.54, 1.807) is 19.2 Å². The number of halogens is 2. The van der Waals surface area contributed by atoms with Crippen LogP contribution in [0.2, 0.25) is 5.15 Å². The van der Waals surface area contributed by atoms with Gasteiger partial charge in [0.25, 0.3) is 0 Å². The summed E-state index contributed by atoms with van der Waals surface area (Å²) in [5, 5.41) is 10.0. The number of aromatic nitrogens is 4. The molecule has 3 heterocycles. The van der Waals surface area contributed by atoms with E-state index in [9.17, 15) is 9.18 Å². The maximum atomic E-state index is 13.8. The summed E-state index contributed by atoms with van der Waals surface area (Å²) in [7, 11) is 0. The Morgan fingerprint density at radius 2 is 2.16 bits per heavy atom. The molecule has 0 saturated heterocycles. The number of nitrogens with zero attached hydrogens (tertiary/aromatic N) is 3. The zero-order chi connectivity index (χ0) is 17.8. The normalized spacial score (nSPS) is 10.7. The Balaban J connectivity index is 1.66. The van der Waals surface area contributed by atoms with Crippen molar-refractivity contribution < 1.29 is 9.18 Å². The van der Waals surface area contributed by atoms with E-state index in [1.807, 2.05) is 6.07 Å². The Morgan fingerprint density at radius 3 is 2.88 bits per heavy atom. The monoisotopic (exact) mass is 359 g/mol. The van der Waals surface area contributed by atoms with E-state index in [4.69, 9.17) is 11.6 Å². The lowest BCUT2D eigenvalue weighted by molar-refractivity contribution is -0.116. The topological polar surface area (TPSA) is 83.6 Å². The first-order chi connectivity index (χ1) is 12.0. The predicted octanol–water partition coefficient (Wildman–Crippen LogP) is 3.54. The number of rotatable bonds is 5. The van der Waals surface area contributed by atoms with Crippen LogP contribution in [0.25, 0.3) is 11.3 Å². The molecule has 0 unspecified atom stereocenters. The van der Waals surface area contributed by atoms with E-state index in [0.29, 0.717) is 34.2 Å². The average Bonchev–Trinajstić information content (AvgIpc) is 2.95. The Bertz CT molecular complexity index is 894. The quantitative estimate of drug-likeness (QED) is 0.682. The molecule has 0 saturated carbocycles. The van der Waals surface area contributed by atoms with Gasteiger partial charge < -0.3 is 5.32 Å². The first-order valence-electron chi connectivity index (χ1n) is 7.59. The molecule has 3 aromatic rings. The largest absolute Gasteiger partial charge is 0.311 e. The van der Waals surface area contributed by atoms with Crippen LogP contribution < -0.4 is 5.32 Å². The molecule has 0 spiro atoms. The van der Waals surface area contributed by atoms with Crippen LogP contribution in [-0.2, 0) is 11.2 Å². The van der Waals surface area contributed by atoms with Crippen LogP contribution in [0.5, 0.6) is 0 Å². The fourth-order valence-electron chi connectivity index (χ4n) is 2.36. The molecule has 0 fully saturated rings. The minimum atomic E-state index is -0.467. The smallest absolute Gasteiger partial charge is 0.225 e. The van der Waals surface area contributed by atoms with Crippen LogP contribution in [0.3, 0.4) is 0 Å². The molecular weight excluding hydrogens is 345 g/mol. The summed E-state index contributed by atoms with van der Waals surface area (Å²) in [5.41, 5.74) is 2.35. The van der Waals surface area contributed by atoms with Gasteiger partial charge in [-0.05, 0) is 31.0 Å². The van der Waals surface area contributed by atoms with Crippen molar-refractivity contribution in [3.05, 3.63) is 58.9 Å². The molecule has 0 aliphatic heterocycles. The van der Waals surface area contributed by atoms with Crippen LogP contribution in [0.1, 0.15) is 17.5 Å². The molecule has 0 aromatic carbocycles. The van der Waals surface area contributed by atoms with Crippen molar-refractivity contribution in [2.75, 3.05) is 5.32 Å². The number of pyridine rings is 2. The Morgan fingerprint density at radius 1 is 1.32 bits per heavy atom. The van der Waals surface area contributed by atoms with Gasteiger partial charge in [-0.15, -0.1) is 0 Å². The first-order valence-corrected chi connectivity index (χ1v) is 7.97. The minimum absolute atomic E-state index is 0.177. The fraction of sp³-hybridized carbons (Fsp3) is 0.176. The third-order valence-electron chi connectivity index (χ3n) is 3.73. The number of hydrogen-bond acceptors (Lipinski definition) is 4. The van der Waals surface area contributed by atoms with Gasteiger partial charge in [-0.2, -0.15) is 5.10 Å². The second kappa shape index (κ2) is 7.40. The Hall–Kier alpha value is -2.80. The SMILES string of the molecule is Cc1c(-c2ccncc2F)n[nH]c1NC(=O)CCc1ccc(Cl)nc1. The molecule has 3 rings (SSSR count). The molecule has 128 valence electrons. The Labute approximate surface area is 148 Å². The van der Waals surface area contributed by atoms with E-state index in [0.717, 1.165) is 11.8 Å². The highest BCUT2D eigenvalue weighted by Crippen LogP contribution is 2.27. The summed E-state index contributed by atoms with van der Waals surface area (Å²) < 4.78 is 13.8. The van der Waals surface area contributed by atoms with E-state index < -0.39 is 5.82 Å². The van der Waals surface area contributed by atoms with Crippen molar-refractivity contribution in [2.45, 2.75) is 19.8 Å². The van der Waals surface area contributed by atoms with Crippen LogP contribution in [0, 0.1) is 12.7 Å². The number of anilines is 1. The molecule has 0 aliphatic rings. The molecular formula is C17H15ClFN5O. The number of amides is 1. The van der Waals surface area contributed by atoms with Crippen molar-refractivity contribution in [1.82, 2.24) is 20.2 Å². The third kappa shape index (κ3) is 4.00.